The maximum Gasteiger partial charge on any atom is 0.243 e. The number of aromatic nitrogens is 2. The van der Waals surface area contributed by atoms with Gasteiger partial charge in [-0.1, -0.05) is 49.3 Å². The molecule has 1 saturated heterocycles. The summed E-state index contributed by atoms with van der Waals surface area (Å²) in [5.74, 6) is 0.587. The van der Waals surface area contributed by atoms with Crippen molar-refractivity contribution in [1.82, 2.24) is 14.4 Å². The summed E-state index contributed by atoms with van der Waals surface area (Å²) in [4.78, 5) is 4.48. The van der Waals surface area contributed by atoms with Crippen LogP contribution in [0.2, 0.25) is 0 Å². The van der Waals surface area contributed by atoms with E-state index in [1.807, 2.05) is 24.3 Å². The molecule has 4 rings (SSSR count). The van der Waals surface area contributed by atoms with Gasteiger partial charge in [0.2, 0.25) is 21.7 Å². The number of halogens is 1. The third-order valence-corrected chi connectivity index (χ3v) is 7.31. The van der Waals surface area contributed by atoms with Crippen LogP contribution < -0.4 is 0 Å². The van der Waals surface area contributed by atoms with Gasteiger partial charge in [-0.25, -0.2) is 12.8 Å². The molecular formula is C22H24FN3O3S. The van der Waals surface area contributed by atoms with Gasteiger partial charge in [0.25, 0.3) is 0 Å². The van der Waals surface area contributed by atoms with Crippen molar-refractivity contribution < 1.29 is 17.3 Å². The number of rotatable bonds is 5. The average Bonchev–Trinajstić information content (AvgIpc) is 3.24. The topological polar surface area (TPSA) is 76.3 Å². The van der Waals surface area contributed by atoms with Crippen molar-refractivity contribution in [1.29, 1.82) is 0 Å². The first-order valence-corrected chi connectivity index (χ1v) is 11.5. The van der Waals surface area contributed by atoms with Gasteiger partial charge in [0.1, 0.15) is 5.82 Å². The molecule has 0 spiro atoms. The van der Waals surface area contributed by atoms with Crippen LogP contribution in [0.1, 0.15) is 50.0 Å². The molecule has 8 heteroatoms. The van der Waals surface area contributed by atoms with Crippen LogP contribution in [-0.4, -0.2) is 36.0 Å². The van der Waals surface area contributed by atoms with Gasteiger partial charge in [-0.15, -0.1) is 0 Å². The molecule has 2 aromatic carbocycles. The molecule has 2 heterocycles. The van der Waals surface area contributed by atoms with Crippen molar-refractivity contribution in [3.05, 3.63) is 65.8 Å². The van der Waals surface area contributed by atoms with Gasteiger partial charge in [-0.05, 0) is 42.5 Å². The summed E-state index contributed by atoms with van der Waals surface area (Å²) in [6.07, 6.45) is 1.42. The highest BCUT2D eigenvalue weighted by Crippen LogP contribution is 2.31. The Hall–Kier alpha value is -2.58. The summed E-state index contributed by atoms with van der Waals surface area (Å²) < 4.78 is 46.2. The Morgan fingerprint density at radius 2 is 1.93 bits per heavy atom. The van der Waals surface area contributed by atoms with Crippen LogP contribution in [0.4, 0.5) is 4.39 Å². The smallest absolute Gasteiger partial charge is 0.243 e. The monoisotopic (exact) mass is 429 g/mol. The van der Waals surface area contributed by atoms with Crippen molar-refractivity contribution in [2.24, 2.45) is 0 Å². The highest BCUT2D eigenvalue weighted by atomic mass is 32.2. The lowest BCUT2D eigenvalue weighted by Crippen LogP contribution is -2.39. The van der Waals surface area contributed by atoms with Crippen LogP contribution in [-0.2, 0) is 10.0 Å². The molecule has 1 fully saturated rings. The maximum absolute atomic E-state index is 13.5. The minimum atomic E-state index is -3.78. The minimum absolute atomic E-state index is 0.0420. The Balaban J connectivity index is 1.53. The van der Waals surface area contributed by atoms with Gasteiger partial charge >= 0.3 is 0 Å². The quantitative estimate of drug-likeness (QED) is 0.594. The molecule has 0 saturated carbocycles. The second-order valence-corrected chi connectivity index (χ2v) is 9.83. The van der Waals surface area contributed by atoms with E-state index in [0.29, 0.717) is 30.6 Å². The zero-order chi connectivity index (χ0) is 21.3. The lowest BCUT2D eigenvalue weighted by molar-refractivity contribution is 0.265. The molecule has 0 amide bonds. The standard InChI is InChI=1S/C22H24FN3O3S/c1-15(2)16-8-10-17(11-9-16)21-24-22(29-25-21)18-5-4-12-26(14-18)30(27,28)20-7-3-6-19(23)13-20/h3,6-11,13,15,18H,4-5,12,14H2,1-2H3. The third kappa shape index (κ3) is 4.15. The van der Waals surface area contributed by atoms with E-state index in [9.17, 15) is 12.8 Å². The zero-order valence-corrected chi connectivity index (χ0v) is 17.8. The van der Waals surface area contributed by atoms with E-state index in [1.165, 1.54) is 28.1 Å². The number of sulfonamides is 1. The average molecular weight is 430 g/mol. The molecule has 0 N–H and O–H groups in total. The molecule has 0 radical (unpaired) electrons. The number of hydrogen-bond donors (Lipinski definition) is 0. The summed E-state index contributed by atoms with van der Waals surface area (Å²) in [5.41, 5.74) is 2.09. The molecule has 0 bridgehead atoms. The Bertz CT molecular complexity index is 1130. The van der Waals surface area contributed by atoms with Crippen LogP contribution in [0.5, 0.6) is 0 Å². The highest BCUT2D eigenvalue weighted by Gasteiger charge is 2.33. The molecule has 0 aliphatic carbocycles. The van der Waals surface area contributed by atoms with E-state index in [-0.39, 0.29) is 17.4 Å². The molecular weight excluding hydrogens is 405 g/mol. The molecule has 1 unspecified atom stereocenters. The first-order valence-electron chi connectivity index (χ1n) is 10.0. The van der Waals surface area contributed by atoms with Crippen molar-refractivity contribution in [2.45, 2.75) is 43.4 Å². The largest absolute Gasteiger partial charge is 0.339 e. The van der Waals surface area contributed by atoms with Gasteiger partial charge in [0.15, 0.2) is 0 Å². The van der Waals surface area contributed by atoms with Gasteiger partial charge in [0.05, 0.1) is 10.8 Å². The number of benzene rings is 2. The molecule has 158 valence electrons. The lowest BCUT2D eigenvalue weighted by atomic mass is 9.99. The van der Waals surface area contributed by atoms with E-state index in [0.717, 1.165) is 18.1 Å². The van der Waals surface area contributed by atoms with E-state index >= 15 is 0 Å². The summed E-state index contributed by atoms with van der Waals surface area (Å²) in [5, 5.41) is 4.09. The van der Waals surface area contributed by atoms with Gasteiger partial charge < -0.3 is 4.52 Å². The normalized spacial score (nSPS) is 18.1. The minimum Gasteiger partial charge on any atom is -0.339 e. The predicted molar refractivity (Wildman–Crippen MR) is 111 cm³/mol. The van der Waals surface area contributed by atoms with Crippen LogP contribution >= 0.6 is 0 Å². The fourth-order valence-corrected chi connectivity index (χ4v) is 5.23. The van der Waals surface area contributed by atoms with Crippen LogP contribution in [0.3, 0.4) is 0 Å². The van der Waals surface area contributed by atoms with Crippen molar-refractivity contribution in [3.8, 4) is 11.4 Å². The molecule has 30 heavy (non-hydrogen) atoms. The first kappa shape index (κ1) is 20.7. The number of hydrogen-bond acceptors (Lipinski definition) is 5. The Morgan fingerprint density at radius 1 is 1.17 bits per heavy atom. The van der Waals surface area contributed by atoms with Crippen molar-refractivity contribution in [2.75, 3.05) is 13.1 Å². The van der Waals surface area contributed by atoms with Gasteiger partial charge in [-0.3, -0.25) is 0 Å². The van der Waals surface area contributed by atoms with E-state index < -0.39 is 15.8 Å². The molecule has 1 atom stereocenters. The van der Waals surface area contributed by atoms with Crippen LogP contribution in [0.15, 0.2) is 57.9 Å². The Kier molecular flexibility index (Phi) is 5.71. The van der Waals surface area contributed by atoms with Gasteiger partial charge in [0, 0.05) is 18.7 Å². The Labute approximate surface area is 175 Å². The second-order valence-electron chi connectivity index (χ2n) is 7.89. The summed E-state index contributed by atoms with van der Waals surface area (Å²) in [6, 6.07) is 13.1. The second kappa shape index (κ2) is 8.28. The van der Waals surface area contributed by atoms with E-state index in [4.69, 9.17) is 4.52 Å². The zero-order valence-electron chi connectivity index (χ0n) is 17.0. The SMILES string of the molecule is CC(C)c1ccc(-c2noc(C3CCCN(S(=O)(=O)c4cccc(F)c4)C3)n2)cc1. The van der Waals surface area contributed by atoms with Gasteiger partial charge in [-0.2, -0.15) is 9.29 Å². The highest BCUT2D eigenvalue weighted by molar-refractivity contribution is 7.89. The predicted octanol–water partition coefficient (Wildman–Crippen LogP) is 4.57. The van der Waals surface area contributed by atoms with E-state index in [2.05, 4.69) is 24.0 Å². The molecule has 6 nitrogen and oxygen atoms in total. The molecule has 1 aliphatic rings. The molecule has 1 aliphatic heterocycles. The molecule has 1 aromatic heterocycles. The number of nitrogens with zero attached hydrogens (tertiary/aromatic N) is 3. The lowest BCUT2D eigenvalue weighted by Gasteiger charge is -2.30. The van der Waals surface area contributed by atoms with Crippen molar-refractivity contribution in [3.63, 3.8) is 0 Å². The number of piperidine rings is 1. The summed E-state index contributed by atoms with van der Waals surface area (Å²) in [6.45, 7) is 4.88. The fourth-order valence-electron chi connectivity index (χ4n) is 3.67. The van der Waals surface area contributed by atoms with Crippen LogP contribution in [0.25, 0.3) is 11.4 Å². The van der Waals surface area contributed by atoms with E-state index in [1.54, 1.807) is 0 Å². The summed E-state index contributed by atoms with van der Waals surface area (Å²) >= 11 is 0. The first-order chi connectivity index (χ1) is 14.3. The Morgan fingerprint density at radius 3 is 2.63 bits per heavy atom. The summed E-state index contributed by atoms with van der Waals surface area (Å²) in [7, 11) is -3.78. The van der Waals surface area contributed by atoms with Crippen molar-refractivity contribution >= 4 is 10.0 Å². The maximum atomic E-state index is 13.5. The third-order valence-electron chi connectivity index (χ3n) is 5.44. The fraction of sp³-hybridized carbons (Fsp3) is 0.364. The molecule has 3 aromatic rings. The van der Waals surface area contributed by atoms with Crippen LogP contribution in [0, 0.1) is 5.82 Å².